The standard InChI is InChI=1S/C29H38ClFN2O4S/c1-27(2,3)37-26(35)33-24(22(17-25(33)34)29(7,8)32-38(36)28(4,5)6)15-18-9-11-19(12-10-18)21-16-20(30)13-14-23(21)31/h9-14,16,22,24,32H,15,17H2,1-8H3. The molecular formula is C29H38ClFN2O4S. The van der Waals surface area contributed by atoms with Crippen LogP contribution in [0.1, 0.15) is 67.4 Å². The fourth-order valence-electron chi connectivity index (χ4n) is 4.55. The van der Waals surface area contributed by atoms with Crippen LogP contribution in [-0.2, 0) is 26.9 Å². The predicted octanol–water partition coefficient (Wildman–Crippen LogP) is 6.67. The molecule has 1 heterocycles. The Kier molecular flexibility index (Phi) is 8.81. The summed E-state index contributed by atoms with van der Waals surface area (Å²) in [4.78, 5) is 27.6. The highest BCUT2D eigenvalue weighted by atomic mass is 35.5. The van der Waals surface area contributed by atoms with Crippen LogP contribution < -0.4 is 4.72 Å². The zero-order valence-electron chi connectivity index (χ0n) is 23.4. The number of imide groups is 1. The van der Waals surface area contributed by atoms with E-state index in [-0.39, 0.29) is 24.1 Å². The summed E-state index contributed by atoms with van der Waals surface area (Å²) in [6, 6.07) is 11.2. The molecule has 208 valence electrons. The van der Waals surface area contributed by atoms with Crippen LogP contribution in [0.4, 0.5) is 9.18 Å². The van der Waals surface area contributed by atoms with Gasteiger partial charge in [-0.1, -0.05) is 35.9 Å². The quantitative estimate of drug-likeness (QED) is 0.425. The molecule has 0 radical (unpaired) electrons. The van der Waals surface area contributed by atoms with Crippen LogP contribution in [0.25, 0.3) is 11.1 Å². The summed E-state index contributed by atoms with van der Waals surface area (Å²) in [5.41, 5.74) is 0.411. The number of carbonyl (C=O) groups is 2. The number of halogens is 2. The van der Waals surface area contributed by atoms with Crippen LogP contribution in [0, 0.1) is 11.7 Å². The van der Waals surface area contributed by atoms with Crippen molar-refractivity contribution < 1.29 is 22.9 Å². The second-order valence-corrected chi connectivity index (χ2v) is 14.8. The third-order valence-electron chi connectivity index (χ3n) is 6.53. The summed E-state index contributed by atoms with van der Waals surface area (Å²) in [6.07, 6.45) is -0.224. The lowest BCUT2D eigenvalue weighted by Crippen LogP contribution is -2.55. The molecule has 3 rings (SSSR count). The lowest BCUT2D eigenvalue weighted by Gasteiger charge is -2.39. The number of nitrogens with zero attached hydrogens (tertiary/aromatic N) is 1. The predicted molar refractivity (Wildman–Crippen MR) is 151 cm³/mol. The second-order valence-electron chi connectivity index (χ2n) is 12.4. The molecule has 2 amide bonds. The number of hydrogen-bond donors (Lipinski definition) is 1. The molecule has 1 fully saturated rings. The van der Waals surface area contributed by atoms with Crippen molar-refractivity contribution in [2.24, 2.45) is 5.92 Å². The Morgan fingerprint density at radius 2 is 1.68 bits per heavy atom. The van der Waals surface area contributed by atoms with Crippen LogP contribution in [0.5, 0.6) is 0 Å². The molecule has 1 saturated heterocycles. The van der Waals surface area contributed by atoms with Crippen LogP contribution in [0.15, 0.2) is 42.5 Å². The fraction of sp³-hybridized carbons (Fsp3) is 0.517. The molecule has 0 saturated carbocycles. The van der Waals surface area contributed by atoms with Gasteiger partial charge in [-0.25, -0.2) is 23.0 Å². The minimum atomic E-state index is -1.38. The first kappa shape index (κ1) is 30.3. The zero-order valence-corrected chi connectivity index (χ0v) is 24.9. The van der Waals surface area contributed by atoms with Crippen molar-refractivity contribution in [1.82, 2.24) is 9.62 Å². The average Bonchev–Trinajstić information content (AvgIpc) is 3.10. The summed E-state index contributed by atoms with van der Waals surface area (Å²) in [7, 11) is -1.38. The number of amides is 2. The van der Waals surface area contributed by atoms with Crippen molar-refractivity contribution in [2.45, 2.75) is 90.2 Å². The Morgan fingerprint density at radius 3 is 2.24 bits per heavy atom. The van der Waals surface area contributed by atoms with Gasteiger partial charge in [0.2, 0.25) is 5.91 Å². The van der Waals surface area contributed by atoms with Gasteiger partial charge < -0.3 is 4.74 Å². The summed E-state index contributed by atoms with van der Waals surface area (Å²) in [5.74, 6) is -1.04. The van der Waals surface area contributed by atoms with E-state index in [1.165, 1.54) is 17.0 Å². The molecule has 0 aliphatic carbocycles. The third kappa shape index (κ3) is 7.21. The number of ether oxygens (including phenoxy) is 1. The highest BCUT2D eigenvalue weighted by Gasteiger charge is 2.51. The van der Waals surface area contributed by atoms with E-state index in [1.807, 2.05) is 46.8 Å². The molecule has 0 aromatic heterocycles. The van der Waals surface area contributed by atoms with E-state index in [9.17, 15) is 18.2 Å². The highest BCUT2D eigenvalue weighted by Crippen LogP contribution is 2.38. The number of carbonyl (C=O) groups excluding carboxylic acids is 2. The smallest absolute Gasteiger partial charge is 0.417 e. The van der Waals surface area contributed by atoms with E-state index in [0.29, 0.717) is 22.6 Å². The van der Waals surface area contributed by atoms with Crippen LogP contribution in [-0.4, -0.2) is 43.0 Å². The van der Waals surface area contributed by atoms with Gasteiger partial charge in [0.15, 0.2) is 0 Å². The Balaban J connectivity index is 1.95. The summed E-state index contributed by atoms with van der Waals surface area (Å²) >= 11 is 6.06. The van der Waals surface area contributed by atoms with Gasteiger partial charge in [0.05, 0.1) is 21.8 Å². The summed E-state index contributed by atoms with van der Waals surface area (Å²) < 4.78 is 35.7. The van der Waals surface area contributed by atoms with E-state index in [4.69, 9.17) is 16.3 Å². The maximum absolute atomic E-state index is 14.4. The monoisotopic (exact) mass is 564 g/mol. The number of nitrogens with one attached hydrogen (secondary N) is 1. The Hall–Kier alpha value is -2.29. The molecule has 0 spiro atoms. The lowest BCUT2D eigenvalue weighted by molar-refractivity contribution is -0.128. The van der Waals surface area contributed by atoms with E-state index < -0.39 is 39.0 Å². The third-order valence-corrected chi connectivity index (χ3v) is 8.59. The van der Waals surface area contributed by atoms with Crippen LogP contribution in [0.2, 0.25) is 5.02 Å². The Bertz CT molecular complexity index is 1220. The van der Waals surface area contributed by atoms with Gasteiger partial charge in [-0.3, -0.25) is 4.79 Å². The normalized spacial score (nSPS) is 19.5. The lowest BCUT2D eigenvalue weighted by atomic mass is 9.80. The van der Waals surface area contributed by atoms with Gasteiger partial charge in [0, 0.05) is 28.5 Å². The minimum Gasteiger partial charge on any atom is -0.443 e. The molecule has 3 unspecified atom stereocenters. The number of rotatable bonds is 6. The molecule has 1 aliphatic heterocycles. The van der Waals surface area contributed by atoms with Crippen molar-refractivity contribution in [3.63, 3.8) is 0 Å². The van der Waals surface area contributed by atoms with Crippen LogP contribution in [0.3, 0.4) is 0 Å². The summed E-state index contributed by atoms with van der Waals surface area (Å²) in [5, 5.41) is 0.438. The van der Waals surface area contributed by atoms with Gasteiger partial charge in [-0.2, -0.15) is 0 Å². The minimum absolute atomic E-state index is 0.108. The Morgan fingerprint density at radius 1 is 1.08 bits per heavy atom. The van der Waals surface area contributed by atoms with Crippen molar-refractivity contribution in [1.29, 1.82) is 0 Å². The number of hydrogen-bond acceptors (Lipinski definition) is 4. The molecule has 9 heteroatoms. The Labute approximate surface area is 232 Å². The van der Waals surface area contributed by atoms with Crippen molar-refractivity contribution >= 4 is 34.6 Å². The molecule has 1 aliphatic rings. The van der Waals surface area contributed by atoms with E-state index >= 15 is 0 Å². The molecule has 0 bridgehead atoms. The first-order chi connectivity index (χ1) is 17.4. The maximum Gasteiger partial charge on any atom is 0.417 e. The zero-order chi connectivity index (χ0) is 28.6. The van der Waals surface area contributed by atoms with Crippen molar-refractivity contribution in [3.8, 4) is 11.1 Å². The fourth-order valence-corrected chi connectivity index (χ4v) is 5.66. The van der Waals surface area contributed by atoms with Gasteiger partial charge in [0.1, 0.15) is 11.4 Å². The van der Waals surface area contributed by atoms with Crippen molar-refractivity contribution in [3.05, 3.63) is 58.9 Å². The molecule has 38 heavy (non-hydrogen) atoms. The molecular weight excluding hydrogens is 527 g/mol. The second kappa shape index (κ2) is 11.1. The van der Waals surface area contributed by atoms with E-state index in [2.05, 4.69) is 4.72 Å². The van der Waals surface area contributed by atoms with E-state index in [1.54, 1.807) is 39.0 Å². The highest BCUT2D eigenvalue weighted by molar-refractivity contribution is 7.84. The largest absolute Gasteiger partial charge is 0.443 e. The topological polar surface area (TPSA) is 75.7 Å². The SMILES string of the molecule is CC(C)(C)OC(=O)N1C(=O)CC(C(C)(C)NS(=O)C(C)(C)C)C1Cc1ccc(-c2cc(Cl)ccc2F)cc1. The first-order valence-corrected chi connectivity index (χ1v) is 14.2. The maximum atomic E-state index is 14.4. The van der Waals surface area contributed by atoms with Crippen LogP contribution >= 0.6 is 11.6 Å². The van der Waals surface area contributed by atoms with Gasteiger partial charge in [-0.05, 0) is 91.1 Å². The van der Waals surface area contributed by atoms with Crippen molar-refractivity contribution in [2.75, 3.05) is 0 Å². The van der Waals surface area contributed by atoms with Gasteiger partial charge >= 0.3 is 6.09 Å². The number of likely N-dealkylation sites (tertiary alicyclic amines) is 1. The van der Waals surface area contributed by atoms with Gasteiger partial charge in [0.25, 0.3) is 0 Å². The molecule has 6 nitrogen and oxygen atoms in total. The molecule has 2 aromatic rings. The average molecular weight is 565 g/mol. The molecule has 3 atom stereocenters. The van der Waals surface area contributed by atoms with E-state index in [0.717, 1.165) is 5.56 Å². The summed E-state index contributed by atoms with van der Waals surface area (Å²) in [6.45, 7) is 14.7. The number of benzene rings is 2. The molecule has 2 aromatic carbocycles. The molecule has 1 N–H and O–H groups in total. The van der Waals surface area contributed by atoms with Gasteiger partial charge in [-0.15, -0.1) is 0 Å². The first-order valence-electron chi connectivity index (χ1n) is 12.7.